The average molecular weight is 292 g/mol. The molecule has 1 N–H and O–H groups in total. The van der Waals surface area contributed by atoms with Crippen molar-refractivity contribution in [3.8, 4) is 5.75 Å². The predicted molar refractivity (Wildman–Crippen MR) is 74.4 cm³/mol. The van der Waals surface area contributed by atoms with Crippen LogP contribution >= 0.6 is 11.3 Å². The number of nitrogens with zero attached hydrogens (tertiary/aromatic N) is 2. The Balaban J connectivity index is 1.73. The van der Waals surface area contributed by atoms with Crippen LogP contribution in [0.15, 0.2) is 36.0 Å². The second kappa shape index (κ2) is 5.22. The summed E-state index contributed by atoms with van der Waals surface area (Å²) in [7, 11) is 0. The Hall–Kier alpha value is -1.92. The number of aromatic nitrogens is 2. The second-order valence-electron chi connectivity index (χ2n) is 4.48. The van der Waals surface area contributed by atoms with Crippen LogP contribution in [-0.2, 0) is 6.61 Å². The standard InChI is InChI=1S/C14H13FN2O2S/c1-9(18)10-2-3-13(12(15)6-10)19-8-11-7-17-4-5-20-14(17)16-11/h2-7,9,18H,8H2,1H3/t9-/m1/s1. The van der Waals surface area contributed by atoms with E-state index >= 15 is 0 Å². The van der Waals surface area contributed by atoms with Crippen LogP contribution in [0.4, 0.5) is 4.39 Å². The van der Waals surface area contributed by atoms with Gasteiger partial charge in [0.2, 0.25) is 0 Å². The molecule has 3 rings (SSSR count). The molecule has 0 saturated carbocycles. The predicted octanol–water partition coefficient (Wildman–Crippen LogP) is 3.17. The lowest BCUT2D eigenvalue weighted by Crippen LogP contribution is -1.99. The van der Waals surface area contributed by atoms with E-state index in [0.29, 0.717) is 5.56 Å². The van der Waals surface area contributed by atoms with Gasteiger partial charge in [-0.25, -0.2) is 9.37 Å². The van der Waals surface area contributed by atoms with Gasteiger partial charge in [-0.3, -0.25) is 4.40 Å². The molecule has 104 valence electrons. The molecular weight excluding hydrogens is 279 g/mol. The summed E-state index contributed by atoms with van der Waals surface area (Å²) in [5.74, 6) is -0.324. The van der Waals surface area contributed by atoms with Gasteiger partial charge >= 0.3 is 0 Å². The maximum atomic E-state index is 13.8. The molecule has 0 spiro atoms. The fourth-order valence-electron chi connectivity index (χ4n) is 1.89. The van der Waals surface area contributed by atoms with Gasteiger partial charge in [-0.05, 0) is 24.6 Å². The molecule has 2 heterocycles. The summed E-state index contributed by atoms with van der Waals surface area (Å²) >= 11 is 1.53. The smallest absolute Gasteiger partial charge is 0.193 e. The van der Waals surface area contributed by atoms with E-state index in [1.54, 1.807) is 13.0 Å². The molecule has 0 bridgehead atoms. The molecule has 6 heteroatoms. The van der Waals surface area contributed by atoms with Crippen LogP contribution < -0.4 is 4.74 Å². The zero-order valence-corrected chi connectivity index (χ0v) is 11.6. The number of fused-ring (bicyclic) bond motifs is 1. The highest BCUT2D eigenvalue weighted by Crippen LogP contribution is 2.23. The molecule has 0 fully saturated rings. The van der Waals surface area contributed by atoms with E-state index in [9.17, 15) is 9.50 Å². The zero-order valence-electron chi connectivity index (χ0n) is 10.8. The second-order valence-corrected chi connectivity index (χ2v) is 5.35. The Kier molecular flexibility index (Phi) is 3.42. The van der Waals surface area contributed by atoms with E-state index < -0.39 is 11.9 Å². The van der Waals surface area contributed by atoms with Gasteiger partial charge in [-0.1, -0.05) is 6.07 Å². The lowest BCUT2D eigenvalue weighted by Gasteiger charge is -2.09. The average Bonchev–Trinajstić information content (AvgIpc) is 2.97. The van der Waals surface area contributed by atoms with Crippen molar-refractivity contribution < 1.29 is 14.2 Å². The molecule has 0 radical (unpaired) electrons. The van der Waals surface area contributed by atoms with E-state index in [1.807, 2.05) is 22.2 Å². The molecule has 2 aromatic heterocycles. The first-order valence-electron chi connectivity index (χ1n) is 6.15. The molecule has 3 aromatic rings. The number of ether oxygens (including phenoxy) is 1. The topological polar surface area (TPSA) is 46.8 Å². The van der Waals surface area contributed by atoms with E-state index in [2.05, 4.69) is 4.98 Å². The summed E-state index contributed by atoms with van der Waals surface area (Å²) in [5, 5.41) is 11.3. The van der Waals surface area contributed by atoms with Crippen molar-refractivity contribution in [2.75, 3.05) is 0 Å². The highest BCUT2D eigenvalue weighted by atomic mass is 32.1. The fourth-order valence-corrected chi connectivity index (χ4v) is 2.61. The zero-order chi connectivity index (χ0) is 14.1. The summed E-state index contributed by atoms with van der Waals surface area (Å²) in [6, 6.07) is 4.45. The molecule has 0 aliphatic rings. The molecule has 0 saturated heterocycles. The lowest BCUT2D eigenvalue weighted by molar-refractivity contribution is 0.198. The largest absolute Gasteiger partial charge is 0.484 e. The van der Waals surface area contributed by atoms with Gasteiger partial charge in [0, 0.05) is 17.8 Å². The first kappa shape index (κ1) is 13.1. The number of aliphatic hydroxyl groups is 1. The van der Waals surface area contributed by atoms with E-state index in [0.717, 1.165) is 10.7 Å². The van der Waals surface area contributed by atoms with Gasteiger partial charge in [0.15, 0.2) is 16.5 Å². The molecule has 20 heavy (non-hydrogen) atoms. The Morgan fingerprint density at radius 1 is 1.50 bits per heavy atom. The number of imidazole rings is 1. The van der Waals surface area contributed by atoms with Gasteiger partial charge in [-0.2, -0.15) is 0 Å². The van der Waals surface area contributed by atoms with Crippen molar-refractivity contribution >= 4 is 16.3 Å². The molecule has 0 amide bonds. The number of hydrogen-bond acceptors (Lipinski definition) is 4. The van der Waals surface area contributed by atoms with Crippen molar-refractivity contribution in [3.05, 3.63) is 53.0 Å². The molecular formula is C14H13FN2O2S. The Morgan fingerprint density at radius 2 is 2.35 bits per heavy atom. The van der Waals surface area contributed by atoms with Gasteiger partial charge in [0.25, 0.3) is 0 Å². The van der Waals surface area contributed by atoms with E-state index in [-0.39, 0.29) is 12.4 Å². The molecule has 0 aliphatic carbocycles. The minimum atomic E-state index is -0.696. The van der Waals surface area contributed by atoms with Crippen LogP contribution in [0.2, 0.25) is 0 Å². The maximum absolute atomic E-state index is 13.8. The number of halogens is 1. The van der Waals surface area contributed by atoms with Crippen molar-refractivity contribution in [2.24, 2.45) is 0 Å². The molecule has 0 aliphatic heterocycles. The van der Waals surface area contributed by atoms with Crippen molar-refractivity contribution in [2.45, 2.75) is 19.6 Å². The third kappa shape index (κ3) is 2.52. The molecule has 1 atom stereocenters. The van der Waals surface area contributed by atoms with Crippen LogP contribution in [-0.4, -0.2) is 14.5 Å². The highest BCUT2D eigenvalue weighted by Gasteiger charge is 2.09. The van der Waals surface area contributed by atoms with E-state index in [4.69, 9.17) is 4.74 Å². The van der Waals surface area contributed by atoms with Gasteiger partial charge in [-0.15, -0.1) is 11.3 Å². The third-order valence-electron chi connectivity index (χ3n) is 2.96. The number of rotatable bonds is 4. The minimum absolute atomic E-state index is 0.158. The summed E-state index contributed by atoms with van der Waals surface area (Å²) < 4.78 is 21.1. The Bertz CT molecular complexity index is 707. The minimum Gasteiger partial charge on any atom is -0.484 e. The van der Waals surface area contributed by atoms with Crippen molar-refractivity contribution in [1.29, 1.82) is 0 Å². The van der Waals surface area contributed by atoms with Crippen LogP contribution in [0.3, 0.4) is 0 Å². The van der Waals surface area contributed by atoms with Gasteiger partial charge < -0.3 is 9.84 Å². The third-order valence-corrected chi connectivity index (χ3v) is 3.73. The summed E-state index contributed by atoms with van der Waals surface area (Å²) in [5.41, 5.74) is 1.27. The SMILES string of the molecule is C[C@@H](O)c1ccc(OCc2cn3ccsc3n2)c(F)c1. The fraction of sp³-hybridized carbons (Fsp3) is 0.214. The molecule has 0 unspecified atom stereocenters. The Morgan fingerprint density at radius 3 is 3.05 bits per heavy atom. The summed E-state index contributed by atoms with van der Waals surface area (Å²) in [6.07, 6.45) is 3.07. The van der Waals surface area contributed by atoms with Crippen LogP contribution in [0.25, 0.3) is 4.96 Å². The maximum Gasteiger partial charge on any atom is 0.193 e. The van der Waals surface area contributed by atoms with Gasteiger partial charge in [0.1, 0.15) is 6.61 Å². The number of aliphatic hydroxyl groups excluding tert-OH is 1. The molecule has 1 aromatic carbocycles. The lowest BCUT2D eigenvalue weighted by atomic mass is 10.1. The van der Waals surface area contributed by atoms with Crippen LogP contribution in [0.1, 0.15) is 24.3 Å². The summed E-state index contributed by atoms with van der Waals surface area (Å²) in [6.45, 7) is 1.80. The normalized spacial score (nSPS) is 12.8. The first-order chi connectivity index (χ1) is 9.63. The van der Waals surface area contributed by atoms with Crippen LogP contribution in [0, 0.1) is 5.82 Å². The summed E-state index contributed by atoms with van der Waals surface area (Å²) in [4.78, 5) is 5.24. The van der Waals surface area contributed by atoms with Crippen LogP contribution in [0.5, 0.6) is 5.75 Å². The number of thiazole rings is 1. The first-order valence-corrected chi connectivity index (χ1v) is 7.03. The van der Waals surface area contributed by atoms with Gasteiger partial charge in [0.05, 0.1) is 11.8 Å². The number of benzene rings is 1. The number of hydrogen-bond donors (Lipinski definition) is 1. The van der Waals surface area contributed by atoms with Crippen molar-refractivity contribution in [1.82, 2.24) is 9.38 Å². The Labute approximate surface area is 119 Å². The van der Waals surface area contributed by atoms with E-state index in [1.165, 1.54) is 23.5 Å². The van der Waals surface area contributed by atoms with Crippen molar-refractivity contribution in [3.63, 3.8) is 0 Å². The highest BCUT2D eigenvalue weighted by molar-refractivity contribution is 7.15. The quantitative estimate of drug-likeness (QED) is 0.803. The monoisotopic (exact) mass is 292 g/mol. The molecule has 4 nitrogen and oxygen atoms in total.